The van der Waals surface area contributed by atoms with Crippen LogP contribution >= 0.6 is 0 Å². The van der Waals surface area contributed by atoms with Crippen molar-refractivity contribution in [3.63, 3.8) is 0 Å². The van der Waals surface area contributed by atoms with E-state index in [9.17, 15) is 29.6 Å². The van der Waals surface area contributed by atoms with Gasteiger partial charge >= 0.3 is 0 Å². The summed E-state index contributed by atoms with van der Waals surface area (Å²) in [6.45, 7) is 1.67. The number of non-ortho nitro benzene ring substituents is 1. The second-order valence-electron chi connectivity index (χ2n) is 14.0. The summed E-state index contributed by atoms with van der Waals surface area (Å²) in [7, 11) is 0. The molecular formula is C41H36N4O8. The Morgan fingerprint density at radius 2 is 1.62 bits per heavy atom. The topological polar surface area (TPSA) is 159 Å². The number of benzene rings is 4. The monoisotopic (exact) mass is 712 g/mol. The molecule has 12 nitrogen and oxygen atoms in total. The van der Waals surface area contributed by atoms with E-state index in [2.05, 4.69) is 5.43 Å². The fraction of sp³-hybridized carbons (Fsp3) is 0.268. The van der Waals surface area contributed by atoms with Crippen LogP contribution in [0.3, 0.4) is 0 Å². The molecule has 53 heavy (non-hydrogen) atoms. The number of hydrogen-bond donors (Lipinski definition) is 2. The predicted octanol–water partition coefficient (Wildman–Crippen LogP) is 5.46. The molecule has 2 aliphatic heterocycles. The van der Waals surface area contributed by atoms with Crippen LogP contribution in [0.1, 0.15) is 35.4 Å². The van der Waals surface area contributed by atoms with Crippen LogP contribution in [0.5, 0.6) is 5.75 Å². The molecule has 0 radical (unpaired) electrons. The Morgan fingerprint density at radius 3 is 2.36 bits per heavy atom. The fourth-order valence-corrected chi connectivity index (χ4v) is 9.10. The Kier molecular flexibility index (Phi) is 8.41. The van der Waals surface area contributed by atoms with Crippen LogP contribution in [0, 0.1) is 40.7 Å². The standard InChI is InChI=1S/C41H36N4O8/c1-24-14-16-26(17-15-24)42-44-38(48)33-23-32-29(18-19-31-35(32)39(49)43(37(31)47)27-10-7-11-28(22-27)45(51)52)36(30-12-5-6-13-34(30)53-21-20-46)41(33,40(44)50)25-8-3-2-4-9-25/h2-18,22,31-33,35-36,42,46H,19-21,23H2,1H3. The first-order valence-electron chi connectivity index (χ1n) is 17.6. The molecule has 4 aromatic carbocycles. The van der Waals surface area contributed by atoms with Crippen molar-refractivity contribution in [3.05, 3.63) is 142 Å². The number of hydrogen-bond acceptors (Lipinski definition) is 9. The summed E-state index contributed by atoms with van der Waals surface area (Å²) in [5.41, 5.74) is 4.97. The molecule has 2 aliphatic carbocycles. The molecule has 2 saturated heterocycles. The molecular weight excluding hydrogens is 676 g/mol. The zero-order valence-corrected chi connectivity index (χ0v) is 28.8. The Labute approximate surface area is 304 Å². The van der Waals surface area contributed by atoms with E-state index in [0.29, 0.717) is 22.6 Å². The summed E-state index contributed by atoms with van der Waals surface area (Å²) >= 11 is 0. The van der Waals surface area contributed by atoms with Crippen molar-refractivity contribution >= 4 is 40.7 Å². The molecule has 0 bridgehead atoms. The van der Waals surface area contributed by atoms with Gasteiger partial charge in [0.25, 0.3) is 17.5 Å². The van der Waals surface area contributed by atoms with Crippen molar-refractivity contribution in [3.8, 4) is 5.75 Å². The molecule has 12 heteroatoms. The van der Waals surface area contributed by atoms with E-state index >= 15 is 4.79 Å². The second kappa shape index (κ2) is 13.1. The van der Waals surface area contributed by atoms with E-state index in [-0.39, 0.29) is 37.4 Å². The van der Waals surface area contributed by atoms with Gasteiger partial charge in [0.05, 0.1) is 46.1 Å². The highest BCUT2D eigenvalue weighted by atomic mass is 16.6. The Bertz CT molecular complexity index is 2190. The number of allylic oxidation sites excluding steroid dienone is 2. The Morgan fingerprint density at radius 1 is 0.887 bits per heavy atom. The quantitative estimate of drug-likeness (QED) is 0.0994. The number of imide groups is 2. The lowest BCUT2D eigenvalue weighted by molar-refractivity contribution is -0.384. The molecule has 3 fully saturated rings. The summed E-state index contributed by atoms with van der Waals surface area (Å²) in [5, 5.41) is 22.4. The summed E-state index contributed by atoms with van der Waals surface area (Å²) in [4.78, 5) is 70.9. The van der Waals surface area contributed by atoms with Gasteiger partial charge in [-0.25, -0.2) is 4.90 Å². The van der Waals surface area contributed by atoms with Gasteiger partial charge in [0.1, 0.15) is 12.4 Å². The number of rotatable bonds is 9. The summed E-state index contributed by atoms with van der Waals surface area (Å²) in [5.74, 6) is -5.55. The average Bonchev–Trinajstić information content (AvgIpc) is 3.56. The number of aryl methyl sites for hydroxylation is 1. The molecule has 6 unspecified atom stereocenters. The van der Waals surface area contributed by atoms with E-state index in [1.807, 2.05) is 67.6 Å². The van der Waals surface area contributed by atoms with E-state index in [0.717, 1.165) is 21.0 Å². The lowest BCUT2D eigenvalue weighted by Crippen LogP contribution is -2.53. The summed E-state index contributed by atoms with van der Waals surface area (Å²) in [6, 6.07) is 29.2. The van der Waals surface area contributed by atoms with Crippen LogP contribution in [0.4, 0.5) is 17.1 Å². The zero-order valence-electron chi connectivity index (χ0n) is 28.8. The molecule has 4 aliphatic rings. The number of carbonyl (C=O) groups is 4. The third-order valence-corrected chi connectivity index (χ3v) is 11.3. The van der Waals surface area contributed by atoms with E-state index < -0.39 is 63.6 Å². The maximum absolute atomic E-state index is 15.3. The maximum atomic E-state index is 15.3. The zero-order chi connectivity index (χ0) is 37.0. The fourth-order valence-electron chi connectivity index (χ4n) is 9.10. The van der Waals surface area contributed by atoms with Crippen LogP contribution in [-0.2, 0) is 24.6 Å². The number of para-hydroxylation sites is 1. The first-order valence-corrected chi connectivity index (χ1v) is 17.6. The molecule has 268 valence electrons. The highest BCUT2D eigenvalue weighted by molar-refractivity contribution is 6.22. The van der Waals surface area contributed by atoms with Crippen molar-refractivity contribution in [2.75, 3.05) is 23.5 Å². The Hall–Kier alpha value is -6.14. The van der Waals surface area contributed by atoms with Gasteiger partial charge in [0.2, 0.25) is 11.8 Å². The number of nitro groups is 1. The predicted molar refractivity (Wildman–Crippen MR) is 193 cm³/mol. The van der Waals surface area contributed by atoms with Crippen LogP contribution in [-0.4, -0.2) is 51.9 Å². The minimum atomic E-state index is -1.49. The second-order valence-corrected chi connectivity index (χ2v) is 14.0. The van der Waals surface area contributed by atoms with Gasteiger partial charge in [-0.3, -0.25) is 34.7 Å². The Balaban J connectivity index is 1.32. The first kappa shape index (κ1) is 34.0. The molecule has 0 aromatic heterocycles. The number of aliphatic hydroxyl groups is 1. The van der Waals surface area contributed by atoms with Crippen molar-refractivity contribution in [2.45, 2.75) is 31.1 Å². The SMILES string of the molecule is Cc1ccc(NN2C(=O)C3CC4C(=CCC5C(=O)N(c6cccc([N+](=O)[O-])c6)C(=O)C54)C(c4ccccc4OCCO)C3(c3ccccc3)C2=O)cc1. The lowest BCUT2D eigenvalue weighted by Gasteiger charge is -2.50. The van der Waals surface area contributed by atoms with Gasteiger partial charge in [0.15, 0.2) is 0 Å². The van der Waals surface area contributed by atoms with E-state index in [1.165, 1.54) is 24.3 Å². The third kappa shape index (κ3) is 5.23. The lowest BCUT2D eigenvalue weighted by atomic mass is 9.49. The number of amides is 4. The molecule has 4 aromatic rings. The maximum Gasteiger partial charge on any atom is 0.271 e. The minimum Gasteiger partial charge on any atom is -0.491 e. The highest BCUT2D eigenvalue weighted by Gasteiger charge is 2.70. The number of nitrogens with one attached hydrogen (secondary N) is 1. The van der Waals surface area contributed by atoms with Crippen molar-refractivity contribution in [1.82, 2.24) is 5.01 Å². The van der Waals surface area contributed by atoms with Crippen LogP contribution in [0.2, 0.25) is 0 Å². The number of carbonyl (C=O) groups excluding carboxylic acids is 4. The molecule has 4 amide bonds. The highest BCUT2D eigenvalue weighted by Crippen LogP contribution is 2.65. The first-order chi connectivity index (χ1) is 25.7. The number of ether oxygens (including phenoxy) is 1. The van der Waals surface area contributed by atoms with E-state index in [4.69, 9.17) is 4.74 Å². The van der Waals surface area contributed by atoms with Crippen LogP contribution in [0.25, 0.3) is 0 Å². The number of nitro benzene ring substituents is 1. The average molecular weight is 713 g/mol. The van der Waals surface area contributed by atoms with Crippen LogP contribution < -0.4 is 15.1 Å². The van der Waals surface area contributed by atoms with E-state index in [1.54, 1.807) is 24.3 Å². The van der Waals surface area contributed by atoms with Gasteiger partial charge in [-0.2, -0.15) is 5.01 Å². The third-order valence-electron chi connectivity index (χ3n) is 11.3. The smallest absolute Gasteiger partial charge is 0.271 e. The van der Waals surface area contributed by atoms with Crippen molar-refractivity contribution in [1.29, 1.82) is 0 Å². The molecule has 2 N–H and O–H groups in total. The van der Waals surface area contributed by atoms with Crippen LogP contribution in [0.15, 0.2) is 115 Å². The number of anilines is 2. The molecule has 0 spiro atoms. The number of fused-ring (bicyclic) bond motifs is 4. The molecule has 2 heterocycles. The van der Waals surface area contributed by atoms with Crippen molar-refractivity contribution in [2.24, 2.45) is 23.7 Å². The molecule has 8 rings (SSSR count). The number of nitrogens with zero attached hydrogens (tertiary/aromatic N) is 3. The largest absolute Gasteiger partial charge is 0.491 e. The summed E-state index contributed by atoms with van der Waals surface area (Å²) in [6.07, 6.45) is 2.22. The van der Waals surface area contributed by atoms with Gasteiger partial charge < -0.3 is 9.84 Å². The molecule has 1 saturated carbocycles. The summed E-state index contributed by atoms with van der Waals surface area (Å²) < 4.78 is 6.09. The van der Waals surface area contributed by atoms with Gasteiger partial charge in [-0.15, -0.1) is 0 Å². The molecule has 6 atom stereocenters. The van der Waals surface area contributed by atoms with Gasteiger partial charge in [0, 0.05) is 23.6 Å². The van der Waals surface area contributed by atoms with Gasteiger partial charge in [-0.1, -0.05) is 83.9 Å². The van der Waals surface area contributed by atoms with Crippen molar-refractivity contribution < 1.29 is 33.9 Å². The number of aliphatic hydroxyl groups excluding tert-OH is 1. The minimum absolute atomic E-state index is 0.0161. The number of hydrazine groups is 1. The normalized spacial score (nSPS) is 26.2. The van der Waals surface area contributed by atoms with Gasteiger partial charge in [-0.05, 0) is 55.5 Å².